The van der Waals surface area contributed by atoms with Gasteiger partial charge >= 0.3 is 5.97 Å². The van der Waals surface area contributed by atoms with Gasteiger partial charge in [0, 0.05) is 17.7 Å². The Bertz CT molecular complexity index is 1070. The third-order valence-electron chi connectivity index (χ3n) is 3.89. The van der Waals surface area contributed by atoms with Crippen molar-refractivity contribution in [2.24, 2.45) is 0 Å². The normalized spacial score (nSPS) is 10.3. The van der Waals surface area contributed by atoms with Crippen molar-refractivity contribution in [3.8, 4) is 11.5 Å². The zero-order valence-corrected chi connectivity index (χ0v) is 17.7. The van der Waals surface area contributed by atoms with Gasteiger partial charge in [-0.15, -0.1) is 0 Å². The van der Waals surface area contributed by atoms with E-state index in [0.717, 1.165) is 6.08 Å². The van der Waals surface area contributed by atoms with Crippen molar-refractivity contribution in [3.05, 3.63) is 68.7 Å². The van der Waals surface area contributed by atoms with Crippen LogP contribution in [0.2, 0.25) is 5.02 Å². The fourth-order valence-corrected chi connectivity index (χ4v) is 2.52. The summed E-state index contributed by atoms with van der Waals surface area (Å²) in [4.78, 5) is 45.8. The minimum atomic E-state index is -0.871. The molecule has 0 aliphatic rings. The highest BCUT2D eigenvalue weighted by Crippen LogP contribution is 2.27. The molecule has 0 unspecified atom stereocenters. The second-order valence-corrected chi connectivity index (χ2v) is 6.39. The summed E-state index contributed by atoms with van der Waals surface area (Å²) in [6.07, 6.45) is 2.25. The van der Waals surface area contributed by atoms with E-state index in [1.807, 2.05) is 0 Å². The predicted octanol–water partition coefficient (Wildman–Crippen LogP) is 2.28. The number of rotatable bonds is 8. The molecular weight excluding hydrogens is 446 g/mol. The summed E-state index contributed by atoms with van der Waals surface area (Å²) in [5.74, 6) is -1.53. The zero-order valence-electron chi connectivity index (χ0n) is 16.9. The van der Waals surface area contributed by atoms with E-state index in [-0.39, 0.29) is 16.3 Å². The number of benzene rings is 2. The summed E-state index contributed by atoms with van der Waals surface area (Å²) in [5.41, 5.74) is 4.49. The summed E-state index contributed by atoms with van der Waals surface area (Å²) >= 11 is 5.71. The van der Waals surface area contributed by atoms with Gasteiger partial charge in [-0.2, -0.15) is 0 Å². The number of hydrogen-bond donors (Lipinski definition) is 2. The van der Waals surface area contributed by atoms with E-state index in [4.69, 9.17) is 25.8 Å². The molecule has 2 aromatic rings. The highest BCUT2D eigenvalue weighted by molar-refractivity contribution is 6.32. The number of halogens is 1. The number of methoxy groups -OCH3 is 2. The molecule has 2 aromatic carbocycles. The number of nitrogens with one attached hydrogen (secondary N) is 2. The Balaban J connectivity index is 1.83. The van der Waals surface area contributed by atoms with Gasteiger partial charge in [-0.3, -0.25) is 30.6 Å². The molecule has 2 rings (SSSR count). The van der Waals surface area contributed by atoms with Gasteiger partial charge in [-0.25, -0.2) is 4.79 Å². The summed E-state index contributed by atoms with van der Waals surface area (Å²) in [6, 6.07) is 8.39. The molecule has 0 fully saturated rings. The van der Waals surface area contributed by atoms with Crippen LogP contribution in [0.25, 0.3) is 6.08 Å². The molecule has 2 amide bonds. The largest absolute Gasteiger partial charge is 0.493 e. The lowest BCUT2D eigenvalue weighted by Crippen LogP contribution is -2.43. The summed E-state index contributed by atoms with van der Waals surface area (Å²) in [5, 5.41) is 10.8. The van der Waals surface area contributed by atoms with Crippen LogP contribution in [-0.4, -0.2) is 43.5 Å². The number of nitro benzene ring substituents is 1. The van der Waals surface area contributed by atoms with Crippen LogP contribution < -0.4 is 20.3 Å². The van der Waals surface area contributed by atoms with Gasteiger partial charge in [0.15, 0.2) is 18.1 Å². The van der Waals surface area contributed by atoms with Crippen molar-refractivity contribution in [3.63, 3.8) is 0 Å². The van der Waals surface area contributed by atoms with Crippen LogP contribution in [0.15, 0.2) is 42.5 Å². The highest BCUT2D eigenvalue weighted by atomic mass is 35.5. The molecule has 11 nitrogen and oxygen atoms in total. The molecule has 0 aliphatic heterocycles. The summed E-state index contributed by atoms with van der Waals surface area (Å²) < 4.78 is 14.9. The summed E-state index contributed by atoms with van der Waals surface area (Å²) in [6.45, 7) is -0.670. The molecular formula is C20H18ClN3O8. The number of esters is 1. The fourth-order valence-electron chi connectivity index (χ4n) is 2.33. The van der Waals surface area contributed by atoms with Crippen LogP contribution in [0.4, 0.5) is 5.69 Å². The SMILES string of the molecule is COc1ccc(C(=O)NNC(=O)COC(=O)/C=C/c2ccc(Cl)c([N+](=O)[O-])c2)cc1OC. The first kappa shape index (κ1) is 24.2. The highest BCUT2D eigenvalue weighted by Gasteiger charge is 2.13. The maximum Gasteiger partial charge on any atom is 0.331 e. The number of carbonyl (C=O) groups excluding carboxylic acids is 3. The van der Waals surface area contributed by atoms with Gasteiger partial charge in [0.1, 0.15) is 5.02 Å². The average Bonchev–Trinajstić information content (AvgIpc) is 2.79. The van der Waals surface area contributed by atoms with E-state index >= 15 is 0 Å². The minimum Gasteiger partial charge on any atom is -0.493 e. The quantitative estimate of drug-likeness (QED) is 0.262. The topological polar surface area (TPSA) is 146 Å². The van der Waals surface area contributed by atoms with Crippen molar-refractivity contribution >= 4 is 41.1 Å². The third-order valence-corrected chi connectivity index (χ3v) is 4.21. The molecule has 0 saturated carbocycles. The first-order valence-corrected chi connectivity index (χ1v) is 9.23. The number of hydrazine groups is 1. The average molecular weight is 464 g/mol. The lowest BCUT2D eigenvalue weighted by atomic mass is 10.2. The smallest absolute Gasteiger partial charge is 0.331 e. The minimum absolute atomic E-state index is 0.0403. The van der Waals surface area contributed by atoms with E-state index in [1.54, 1.807) is 0 Å². The fraction of sp³-hybridized carbons (Fsp3) is 0.150. The van der Waals surface area contributed by atoms with Crippen LogP contribution in [0.1, 0.15) is 15.9 Å². The van der Waals surface area contributed by atoms with Crippen LogP contribution in [0.3, 0.4) is 0 Å². The first-order chi connectivity index (χ1) is 15.2. The molecule has 12 heteroatoms. The molecule has 0 aromatic heterocycles. The number of hydrogen-bond acceptors (Lipinski definition) is 8. The van der Waals surface area contributed by atoms with Crippen molar-refractivity contribution in [2.75, 3.05) is 20.8 Å². The van der Waals surface area contributed by atoms with E-state index in [0.29, 0.717) is 17.1 Å². The first-order valence-electron chi connectivity index (χ1n) is 8.85. The Kier molecular flexibility index (Phi) is 8.54. The number of ether oxygens (including phenoxy) is 3. The van der Waals surface area contributed by atoms with Gasteiger partial charge in [-0.1, -0.05) is 17.7 Å². The van der Waals surface area contributed by atoms with Gasteiger partial charge in [0.25, 0.3) is 17.5 Å². The lowest BCUT2D eigenvalue weighted by molar-refractivity contribution is -0.384. The lowest BCUT2D eigenvalue weighted by Gasteiger charge is -2.10. The molecule has 32 heavy (non-hydrogen) atoms. The van der Waals surface area contributed by atoms with Crippen LogP contribution in [0.5, 0.6) is 11.5 Å². The maximum atomic E-state index is 12.1. The standard InChI is InChI=1S/C20H18ClN3O8/c1-30-16-7-5-13(10-17(16)31-2)20(27)23-22-18(25)11-32-19(26)8-4-12-3-6-14(21)15(9-12)24(28)29/h3-10H,11H2,1-2H3,(H,22,25)(H,23,27)/b8-4+. The Morgan fingerprint density at radius 3 is 2.44 bits per heavy atom. The zero-order chi connectivity index (χ0) is 23.7. The number of carbonyl (C=O) groups is 3. The van der Waals surface area contributed by atoms with Gasteiger partial charge in [0.05, 0.1) is 19.1 Å². The van der Waals surface area contributed by atoms with E-state index in [9.17, 15) is 24.5 Å². The third kappa shape index (κ3) is 6.71. The molecule has 0 spiro atoms. The second-order valence-electron chi connectivity index (χ2n) is 5.98. The molecule has 0 heterocycles. The van der Waals surface area contributed by atoms with Crippen molar-refractivity contribution in [1.29, 1.82) is 0 Å². The maximum absolute atomic E-state index is 12.1. The van der Waals surface area contributed by atoms with Crippen molar-refractivity contribution in [2.45, 2.75) is 0 Å². The molecule has 0 radical (unpaired) electrons. The Hall–Kier alpha value is -4.12. The van der Waals surface area contributed by atoms with Crippen LogP contribution in [-0.2, 0) is 14.3 Å². The molecule has 0 saturated heterocycles. The van der Waals surface area contributed by atoms with Crippen molar-refractivity contribution < 1.29 is 33.5 Å². The Morgan fingerprint density at radius 2 is 1.78 bits per heavy atom. The van der Waals surface area contributed by atoms with Crippen molar-refractivity contribution in [1.82, 2.24) is 10.9 Å². The molecule has 0 atom stereocenters. The van der Waals surface area contributed by atoms with Crippen LogP contribution in [0, 0.1) is 10.1 Å². The second kappa shape index (κ2) is 11.3. The van der Waals surface area contributed by atoms with Gasteiger partial charge < -0.3 is 14.2 Å². The predicted molar refractivity (Wildman–Crippen MR) is 113 cm³/mol. The molecule has 0 aliphatic carbocycles. The van der Waals surface area contributed by atoms with Crippen LogP contribution >= 0.6 is 11.6 Å². The van der Waals surface area contributed by atoms with Gasteiger partial charge in [0.2, 0.25) is 0 Å². The Morgan fingerprint density at radius 1 is 1.06 bits per heavy atom. The van der Waals surface area contributed by atoms with E-state index < -0.39 is 29.3 Å². The molecule has 2 N–H and O–H groups in total. The molecule has 168 valence electrons. The monoisotopic (exact) mass is 463 g/mol. The van der Waals surface area contributed by atoms with E-state index in [1.165, 1.54) is 56.7 Å². The number of nitro groups is 1. The molecule has 0 bridgehead atoms. The van der Waals surface area contributed by atoms with E-state index in [2.05, 4.69) is 10.9 Å². The number of amides is 2. The summed E-state index contributed by atoms with van der Waals surface area (Å²) in [7, 11) is 2.87. The van der Waals surface area contributed by atoms with Gasteiger partial charge in [-0.05, 0) is 35.9 Å². The number of nitrogens with zero attached hydrogens (tertiary/aromatic N) is 1. The Labute approximate surface area is 187 Å².